The van der Waals surface area contributed by atoms with Crippen molar-refractivity contribution in [3.63, 3.8) is 0 Å². The van der Waals surface area contributed by atoms with Crippen LogP contribution >= 0.6 is 0 Å². The molecular weight excluding hydrogens is 242 g/mol. The molecule has 2 rings (SSSR count). The zero-order valence-corrected chi connectivity index (χ0v) is 11.5. The van der Waals surface area contributed by atoms with Crippen molar-refractivity contribution in [2.24, 2.45) is 5.84 Å². The van der Waals surface area contributed by atoms with E-state index in [0.717, 1.165) is 19.5 Å². The van der Waals surface area contributed by atoms with Gasteiger partial charge in [0.25, 0.3) is 5.91 Å². The molecule has 1 aromatic heterocycles. The van der Waals surface area contributed by atoms with Crippen molar-refractivity contribution in [1.82, 2.24) is 14.8 Å². The van der Waals surface area contributed by atoms with Crippen LogP contribution < -0.4 is 11.3 Å². The minimum absolute atomic E-state index is 0.0719. The average Bonchev–Trinajstić information content (AvgIpc) is 2.83. The number of nitrogens with one attached hydrogen (secondary N) is 1. The second kappa shape index (κ2) is 5.99. The normalized spacial score (nSPS) is 19.4. The van der Waals surface area contributed by atoms with Crippen molar-refractivity contribution in [3.8, 4) is 0 Å². The third-order valence-electron chi connectivity index (χ3n) is 3.62. The SMILES string of the molecule is CN(CC1CCCN1C)C(=O)c1cccc(NN)n1. The molecular formula is C13H21N5O. The summed E-state index contributed by atoms with van der Waals surface area (Å²) in [5.41, 5.74) is 2.87. The Morgan fingerprint density at radius 2 is 2.42 bits per heavy atom. The van der Waals surface area contributed by atoms with Crippen LogP contribution in [0.1, 0.15) is 23.3 Å². The van der Waals surface area contributed by atoms with Crippen LogP contribution in [-0.4, -0.2) is 53.9 Å². The van der Waals surface area contributed by atoms with Crippen LogP contribution in [-0.2, 0) is 0 Å². The van der Waals surface area contributed by atoms with E-state index >= 15 is 0 Å². The van der Waals surface area contributed by atoms with Crippen molar-refractivity contribution < 1.29 is 4.79 Å². The third kappa shape index (κ3) is 3.21. The van der Waals surface area contributed by atoms with E-state index in [4.69, 9.17) is 5.84 Å². The molecule has 3 N–H and O–H groups in total. The third-order valence-corrected chi connectivity index (χ3v) is 3.62. The standard InChI is InChI=1S/C13H21N5O/c1-17-8-4-5-10(17)9-18(2)13(19)11-6-3-7-12(15-11)16-14/h3,6-7,10H,4-5,8-9,14H2,1-2H3,(H,15,16). The predicted molar refractivity (Wildman–Crippen MR) is 74.7 cm³/mol. The molecule has 1 fully saturated rings. The molecule has 1 saturated heterocycles. The largest absolute Gasteiger partial charge is 0.339 e. The van der Waals surface area contributed by atoms with Gasteiger partial charge < -0.3 is 15.2 Å². The summed E-state index contributed by atoms with van der Waals surface area (Å²) in [5.74, 6) is 5.73. The summed E-state index contributed by atoms with van der Waals surface area (Å²) in [6.45, 7) is 1.84. The van der Waals surface area contributed by atoms with Crippen LogP contribution in [0.25, 0.3) is 0 Å². The Morgan fingerprint density at radius 3 is 3.05 bits per heavy atom. The van der Waals surface area contributed by atoms with Gasteiger partial charge in [0.2, 0.25) is 0 Å². The van der Waals surface area contributed by atoms with Crippen LogP contribution in [0.2, 0.25) is 0 Å². The maximum Gasteiger partial charge on any atom is 0.272 e. The Morgan fingerprint density at radius 1 is 1.63 bits per heavy atom. The topological polar surface area (TPSA) is 74.5 Å². The Labute approximate surface area is 113 Å². The molecule has 1 atom stereocenters. The fraction of sp³-hybridized carbons (Fsp3) is 0.538. The van der Waals surface area contributed by atoms with Crippen molar-refractivity contribution >= 4 is 11.7 Å². The van der Waals surface area contributed by atoms with Gasteiger partial charge in [-0.05, 0) is 38.6 Å². The Bertz CT molecular complexity index is 450. The summed E-state index contributed by atoms with van der Waals surface area (Å²) < 4.78 is 0. The van der Waals surface area contributed by atoms with Crippen molar-refractivity contribution in [2.45, 2.75) is 18.9 Å². The second-order valence-corrected chi connectivity index (χ2v) is 5.01. The van der Waals surface area contributed by atoms with Gasteiger partial charge in [-0.3, -0.25) is 4.79 Å². The highest BCUT2D eigenvalue weighted by atomic mass is 16.2. The van der Waals surface area contributed by atoms with Gasteiger partial charge in [-0.1, -0.05) is 6.07 Å². The highest BCUT2D eigenvalue weighted by Crippen LogP contribution is 2.16. The first-order chi connectivity index (χ1) is 9.11. The number of hydrazine groups is 1. The maximum atomic E-state index is 12.3. The van der Waals surface area contributed by atoms with Gasteiger partial charge in [0, 0.05) is 19.6 Å². The van der Waals surface area contributed by atoms with E-state index in [9.17, 15) is 4.79 Å². The van der Waals surface area contributed by atoms with Crippen LogP contribution in [0.4, 0.5) is 5.82 Å². The number of hydrogen-bond donors (Lipinski definition) is 2. The first kappa shape index (κ1) is 13.8. The summed E-state index contributed by atoms with van der Waals surface area (Å²) in [7, 11) is 3.92. The van der Waals surface area contributed by atoms with E-state index in [2.05, 4.69) is 22.4 Å². The molecule has 1 aromatic rings. The Kier molecular flexibility index (Phi) is 4.34. The van der Waals surface area contributed by atoms with E-state index in [1.54, 1.807) is 23.1 Å². The van der Waals surface area contributed by atoms with E-state index in [1.807, 2.05) is 7.05 Å². The summed E-state index contributed by atoms with van der Waals surface area (Å²) in [6.07, 6.45) is 2.35. The Hall–Kier alpha value is -1.66. The molecule has 0 spiro atoms. The van der Waals surface area contributed by atoms with E-state index in [1.165, 1.54) is 6.42 Å². The lowest BCUT2D eigenvalue weighted by Crippen LogP contribution is -2.39. The fourth-order valence-corrected chi connectivity index (χ4v) is 2.44. The summed E-state index contributed by atoms with van der Waals surface area (Å²) in [6, 6.07) is 5.65. The lowest BCUT2D eigenvalue weighted by molar-refractivity contribution is 0.0756. The molecule has 1 aliphatic rings. The van der Waals surface area contributed by atoms with Crippen molar-refractivity contribution in [3.05, 3.63) is 23.9 Å². The van der Waals surface area contributed by atoms with E-state index in [0.29, 0.717) is 17.6 Å². The maximum absolute atomic E-state index is 12.3. The summed E-state index contributed by atoms with van der Waals surface area (Å²) in [5, 5.41) is 0. The van der Waals surface area contributed by atoms with Gasteiger partial charge in [-0.2, -0.15) is 0 Å². The average molecular weight is 263 g/mol. The van der Waals surface area contributed by atoms with E-state index in [-0.39, 0.29) is 5.91 Å². The minimum atomic E-state index is -0.0719. The molecule has 1 unspecified atom stereocenters. The first-order valence-electron chi connectivity index (χ1n) is 6.51. The number of likely N-dealkylation sites (N-methyl/N-ethyl adjacent to an activating group) is 2. The molecule has 0 bridgehead atoms. The number of nitrogen functional groups attached to an aromatic ring is 1. The molecule has 6 heteroatoms. The number of nitrogens with zero attached hydrogens (tertiary/aromatic N) is 3. The van der Waals surface area contributed by atoms with Gasteiger partial charge in [0.1, 0.15) is 11.5 Å². The number of rotatable bonds is 4. The lowest BCUT2D eigenvalue weighted by Gasteiger charge is -2.25. The number of pyridine rings is 1. The molecule has 0 aliphatic carbocycles. The number of carbonyl (C=O) groups is 1. The molecule has 104 valence electrons. The minimum Gasteiger partial charge on any atom is -0.339 e. The number of likely N-dealkylation sites (tertiary alicyclic amines) is 1. The summed E-state index contributed by atoms with van der Waals surface area (Å²) >= 11 is 0. The van der Waals surface area contributed by atoms with Crippen LogP contribution in [0.5, 0.6) is 0 Å². The number of aromatic nitrogens is 1. The molecule has 6 nitrogen and oxygen atoms in total. The van der Waals surface area contributed by atoms with Gasteiger partial charge in [0.05, 0.1) is 0 Å². The lowest BCUT2D eigenvalue weighted by atomic mass is 10.2. The highest BCUT2D eigenvalue weighted by Gasteiger charge is 2.24. The van der Waals surface area contributed by atoms with Gasteiger partial charge in [-0.25, -0.2) is 10.8 Å². The van der Waals surface area contributed by atoms with Gasteiger partial charge in [0.15, 0.2) is 0 Å². The molecule has 0 aromatic carbocycles. The molecule has 1 amide bonds. The summed E-state index contributed by atoms with van der Waals surface area (Å²) in [4.78, 5) is 20.5. The van der Waals surface area contributed by atoms with Crippen LogP contribution in [0.3, 0.4) is 0 Å². The number of nitrogens with two attached hydrogens (primary N) is 1. The number of anilines is 1. The molecule has 2 heterocycles. The monoisotopic (exact) mass is 263 g/mol. The Balaban J connectivity index is 2.01. The number of carbonyl (C=O) groups excluding carboxylic acids is 1. The van der Waals surface area contributed by atoms with Crippen LogP contribution in [0.15, 0.2) is 18.2 Å². The predicted octanol–water partition coefficient (Wildman–Crippen LogP) is 0.533. The second-order valence-electron chi connectivity index (χ2n) is 5.01. The van der Waals surface area contributed by atoms with Crippen molar-refractivity contribution in [1.29, 1.82) is 0 Å². The quantitative estimate of drug-likeness (QED) is 0.612. The molecule has 0 saturated carbocycles. The molecule has 0 radical (unpaired) electrons. The first-order valence-corrected chi connectivity index (χ1v) is 6.51. The zero-order valence-electron chi connectivity index (χ0n) is 11.5. The zero-order chi connectivity index (χ0) is 13.8. The fourth-order valence-electron chi connectivity index (χ4n) is 2.44. The van der Waals surface area contributed by atoms with Gasteiger partial charge >= 0.3 is 0 Å². The van der Waals surface area contributed by atoms with Crippen molar-refractivity contribution in [2.75, 3.05) is 32.6 Å². The van der Waals surface area contributed by atoms with Crippen LogP contribution in [0, 0.1) is 0 Å². The molecule has 1 aliphatic heterocycles. The number of hydrogen-bond acceptors (Lipinski definition) is 5. The van der Waals surface area contributed by atoms with Gasteiger partial charge in [-0.15, -0.1) is 0 Å². The molecule has 19 heavy (non-hydrogen) atoms. The highest BCUT2D eigenvalue weighted by molar-refractivity contribution is 5.92. The number of amides is 1. The smallest absolute Gasteiger partial charge is 0.272 e. The van der Waals surface area contributed by atoms with E-state index < -0.39 is 0 Å².